The van der Waals surface area contributed by atoms with E-state index in [1.54, 1.807) is 0 Å². The molecule has 0 bridgehead atoms. The lowest BCUT2D eigenvalue weighted by molar-refractivity contribution is 0.192. The first kappa shape index (κ1) is 16.7. The molecule has 21 heavy (non-hydrogen) atoms. The number of halogens is 1. The first-order chi connectivity index (χ1) is 10.2. The van der Waals surface area contributed by atoms with E-state index in [9.17, 15) is 0 Å². The van der Waals surface area contributed by atoms with Gasteiger partial charge in [-0.3, -0.25) is 4.90 Å². The molecule has 118 valence electrons. The third-order valence-electron chi connectivity index (χ3n) is 4.30. The maximum atomic E-state index is 4.67. The van der Waals surface area contributed by atoms with Crippen LogP contribution in [0.4, 0.5) is 5.82 Å². The quantitative estimate of drug-likeness (QED) is 0.850. The van der Waals surface area contributed by atoms with Crippen LogP contribution in [0.2, 0.25) is 0 Å². The molecule has 1 aliphatic heterocycles. The van der Waals surface area contributed by atoms with Gasteiger partial charge in [0.2, 0.25) is 0 Å². The lowest BCUT2D eigenvalue weighted by atomic mass is 10.1. The van der Waals surface area contributed by atoms with E-state index >= 15 is 0 Å². The molecule has 0 saturated carbocycles. The summed E-state index contributed by atoms with van der Waals surface area (Å²) in [6.45, 7) is 13.0. The summed E-state index contributed by atoms with van der Waals surface area (Å²) in [5.41, 5.74) is 1.28. The van der Waals surface area contributed by atoms with Crippen molar-refractivity contribution in [1.82, 2.24) is 15.2 Å². The van der Waals surface area contributed by atoms with Crippen molar-refractivity contribution in [2.75, 3.05) is 37.6 Å². The van der Waals surface area contributed by atoms with Gasteiger partial charge in [0.05, 0.1) is 0 Å². The molecule has 2 heterocycles. The van der Waals surface area contributed by atoms with E-state index in [0.29, 0.717) is 6.04 Å². The van der Waals surface area contributed by atoms with Crippen molar-refractivity contribution in [3.63, 3.8) is 0 Å². The first-order valence-electron chi connectivity index (χ1n) is 7.99. The molecule has 1 N–H and O–H groups in total. The Morgan fingerprint density at radius 3 is 2.62 bits per heavy atom. The summed E-state index contributed by atoms with van der Waals surface area (Å²) >= 11 is 3.53. The van der Waals surface area contributed by atoms with Gasteiger partial charge in [0, 0.05) is 55.0 Å². The molecule has 5 heteroatoms. The van der Waals surface area contributed by atoms with Crippen LogP contribution >= 0.6 is 15.9 Å². The van der Waals surface area contributed by atoms with Gasteiger partial charge in [-0.25, -0.2) is 4.98 Å². The number of nitrogens with one attached hydrogen (secondary N) is 1. The van der Waals surface area contributed by atoms with Crippen LogP contribution in [0.25, 0.3) is 0 Å². The third kappa shape index (κ3) is 4.41. The maximum Gasteiger partial charge on any atom is 0.133 e. The number of rotatable bonds is 6. The minimum absolute atomic E-state index is 0.686. The highest BCUT2D eigenvalue weighted by Crippen LogP contribution is 2.23. The molecule has 1 saturated heterocycles. The van der Waals surface area contributed by atoms with E-state index in [-0.39, 0.29) is 0 Å². The monoisotopic (exact) mass is 354 g/mol. The van der Waals surface area contributed by atoms with E-state index < -0.39 is 0 Å². The number of piperazine rings is 1. The van der Waals surface area contributed by atoms with Gasteiger partial charge in [0.15, 0.2) is 0 Å². The lowest BCUT2D eigenvalue weighted by Crippen LogP contribution is -2.50. The molecule has 2 rings (SSSR count). The average molecular weight is 355 g/mol. The molecule has 1 unspecified atom stereocenters. The van der Waals surface area contributed by atoms with Crippen LogP contribution in [-0.4, -0.2) is 48.6 Å². The van der Waals surface area contributed by atoms with Gasteiger partial charge < -0.3 is 10.2 Å². The highest BCUT2D eigenvalue weighted by molar-refractivity contribution is 9.10. The van der Waals surface area contributed by atoms with Crippen LogP contribution in [0.15, 0.2) is 16.7 Å². The Morgan fingerprint density at radius 2 is 2.00 bits per heavy atom. The topological polar surface area (TPSA) is 31.4 Å². The van der Waals surface area contributed by atoms with Gasteiger partial charge in [-0.05, 0) is 41.9 Å². The Hall–Kier alpha value is -0.650. The number of nitrogens with zero attached hydrogens (tertiary/aromatic N) is 3. The third-order valence-corrected chi connectivity index (χ3v) is 4.74. The Labute approximate surface area is 137 Å². The summed E-state index contributed by atoms with van der Waals surface area (Å²) in [7, 11) is 0. The van der Waals surface area contributed by atoms with Gasteiger partial charge in [0.25, 0.3) is 0 Å². The van der Waals surface area contributed by atoms with Crippen LogP contribution < -0.4 is 10.2 Å². The zero-order valence-corrected chi connectivity index (χ0v) is 15.0. The maximum absolute atomic E-state index is 4.67. The zero-order valence-electron chi connectivity index (χ0n) is 13.4. The van der Waals surface area contributed by atoms with Gasteiger partial charge in [-0.2, -0.15) is 0 Å². The largest absolute Gasteiger partial charge is 0.354 e. The van der Waals surface area contributed by atoms with E-state index in [2.05, 4.69) is 62.9 Å². The molecule has 1 aromatic heterocycles. The van der Waals surface area contributed by atoms with Crippen molar-refractivity contribution in [3.05, 3.63) is 22.3 Å². The second-order valence-electron chi connectivity index (χ2n) is 5.70. The fraction of sp³-hybridized carbons (Fsp3) is 0.688. The molecular formula is C16H27BrN4. The average Bonchev–Trinajstić information content (AvgIpc) is 2.52. The van der Waals surface area contributed by atoms with E-state index in [1.807, 2.05) is 6.20 Å². The first-order valence-corrected chi connectivity index (χ1v) is 8.79. The number of aromatic nitrogens is 1. The summed E-state index contributed by atoms with van der Waals surface area (Å²) in [4.78, 5) is 9.68. The minimum atomic E-state index is 0.686. The predicted molar refractivity (Wildman–Crippen MR) is 92.9 cm³/mol. The van der Waals surface area contributed by atoms with Crippen molar-refractivity contribution in [1.29, 1.82) is 0 Å². The summed E-state index contributed by atoms with van der Waals surface area (Å²) in [6.07, 6.45) is 3.13. The molecule has 1 aromatic rings. The highest BCUT2D eigenvalue weighted by atomic mass is 79.9. The molecule has 4 nitrogen and oxygen atoms in total. The van der Waals surface area contributed by atoms with Gasteiger partial charge in [-0.15, -0.1) is 0 Å². The molecule has 0 aromatic carbocycles. The number of pyridine rings is 1. The molecular weight excluding hydrogens is 328 g/mol. The van der Waals surface area contributed by atoms with Gasteiger partial charge in [-0.1, -0.05) is 13.8 Å². The van der Waals surface area contributed by atoms with Crippen LogP contribution in [-0.2, 0) is 6.54 Å². The SMILES string of the molecule is CCNCc1cc(Br)cnc1N1CCN(C(C)CC)CC1. The van der Waals surface area contributed by atoms with E-state index in [0.717, 1.165) is 49.6 Å². The van der Waals surface area contributed by atoms with Crippen molar-refractivity contribution < 1.29 is 0 Å². The lowest BCUT2D eigenvalue weighted by Gasteiger charge is -2.39. The second kappa shape index (κ2) is 8.11. The zero-order chi connectivity index (χ0) is 15.2. The summed E-state index contributed by atoms with van der Waals surface area (Å²) in [6, 6.07) is 2.87. The van der Waals surface area contributed by atoms with Crippen molar-refractivity contribution in [2.24, 2.45) is 0 Å². The second-order valence-corrected chi connectivity index (χ2v) is 6.61. The fourth-order valence-electron chi connectivity index (χ4n) is 2.78. The predicted octanol–water partition coefficient (Wildman–Crippen LogP) is 2.87. The smallest absolute Gasteiger partial charge is 0.133 e. The van der Waals surface area contributed by atoms with E-state index in [1.165, 1.54) is 12.0 Å². The normalized spacial score (nSPS) is 18.0. The number of anilines is 1. The summed E-state index contributed by atoms with van der Waals surface area (Å²) in [5, 5.41) is 3.41. The summed E-state index contributed by atoms with van der Waals surface area (Å²) in [5.74, 6) is 1.14. The summed E-state index contributed by atoms with van der Waals surface area (Å²) < 4.78 is 1.05. The van der Waals surface area contributed by atoms with Crippen molar-refractivity contribution in [3.8, 4) is 0 Å². The molecule has 0 spiro atoms. The Bertz CT molecular complexity index is 444. The molecule has 1 aliphatic rings. The van der Waals surface area contributed by atoms with Gasteiger partial charge >= 0.3 is 0 Å². The molecule has 0 radical (unpaired) electrons. The number of hydrogen-bond donors (Lipinski definition) is 1. The minimum Gasteiger partial charge on any atom is -0.354 e. The van der Waals surface area contributed by atoms with Gasteiger partial charge in [0.1, 0.15) is 5.82 Å². The molecule has 0 amide bonds. The standard InChI is InChI=1S/C16H27BrN4/c1-4-13(3)20-6-8-21(9-7-20)16-14(11-18-5-2)10-15(17)12-19-16/h10,12-13,18H,4-9,11H2,1-3H3. The van der Waals surface area contributed by atoms with Crippen molar-refractivity contribution >= 4 is 21.7 Å². The molecule has 1 fully saturated rings. The molecule has 0 aliphatic carbocycles. The van der Waals surface area contributed by atoms with Crippen molar-refractivity contribution in [2.45, 2.75) is 39.8 Å². The van der Waals surface area contributed by atoms with Crippen LogP contribution in [0, 0.1) is 0 Å². The Kier molecular flexibility index (Phi) is 6.45. The van der Waals surface area contributed by atoms with Crippen LogP contribution in [0.1, 0.15) is 32.8 Å². The highest BCUT2D eigenvalue weighted by Gasteiger charge is 2.22. The van der Waals surface area contributed by atoms with E-state index in [4.69, 9.17) is 0 Å². The Balaban J connectivity index is 2.05. The van der Waals surface area contributed by atoms with Crippen LogP contribution in [0.5, 0.6) is 0 Å². The Morgan fingerprint density at radius 1 is 1.29 bits per heavy atom. The number of hydrogen-bond acceptors (Lipinski definition) is 4. The fourth-order valence-corrected chi connectivity index (χ4v) is 3.16. The van der Waals surface area contributed by atoms with Crippen LogP contribution in [0.3, 0.4) is 0 Å². The molecule has 1 atom stereocenters.